The Morgan fingerprint density at radius 2 is 2.18 bits per heavy atom. The van der Waals surface area contributed by atoms with Crippen molar-refractivity contribution in [3.05, 3.63) is 24.3 Å². The van der Waals surface area contributed by atoms with Crippen molar-refractivity contribution in [2.75, 3.05) is 31.0 Å². The van der Waals surface area contributed by atoms with Gasteiger partial charge in [-0.25, -0.2) is 4.21 Å². The molecule has 1 aromatic rings. The van der Waals surface area contributed by atoms with Gasteiger partial charge in [-0.05, 0) is 24.3 Å². The lowest BCUT2D eigenvalue weighted by Gasteiger charge is -2.17. The maximum Gasteiger partial charge on any atom is 0.173 e. The molecule has 0 radical (unpaired) electrons. The van der Waals surface area contributed by atoms with Crippen molar-refractivity contribution in [2.24, 2.45) is 0 Å². The summed E-state index contributed by atoms with van der Waals surface area (Å²) in [5, 5.41) is 0. The monoisotopic (exact) mass is 257 g/mol. The molecule has 1 unspecified atom stereocenters. The maximum absolute atomic E-state index is 10.7. The van der Waals surface area contributed by atoms with E-state index < -0.39 is 11.1 Å². The summed E-state index contributed by atoms with van der Waals surface area (Å²) in [6, 6.07) is 7.40. The number of hydrogen-bond acceptors (Lipinski definition) is 4. The van der Waals surface area contributed by atoms with Crippen molar-refractivity contribution in [3.8, 4) is 5.75 Å². The fourth-order valence-corrected chi connectivity index (χ4v) is 1.87. The summed E-state index contributed by atoms with van der Waals surface area (Å²) in [4.78, 5) is 1.71. The van der Waals surface area contributed by atoms with Crippen LogP contribution in [0.15, 0.2) is 24.3 Å². The van der Waals surface area contributed by atoms with Crippen molar-refractivity contribution in [1.29, 1.82) is 0 Å². The molecule has 1 saturated heterocycles. The van der Waals surface area contributed by atoms with Crippen LogP contribution in [0.2, 0.25) is 0 Å². The van der Waals surface area contributed by atoms with E-state index in [0.29, 0.717) is 6.61 Å². The molecule has 1 aromatic carbocycles. The van der Waals surface area contributed by atoms with Gasteiger partial charge in [0.2, 0.25) is 0 Å². The lowest BCUT2D eigenvalue weighted by molar-refractivity contribution is 0.263. The van der Waals surface area contributed by atoms with Crippen molar-refractivity contribution in [2.45, 2.75) is 6.10 Å². The third kappa shape index (κ3) is 3.99. The Morgan fingerprint density at radius 3 is 2.71 bits per heavy atom. The second-order valence-electron chi connectivity index (χ2n) is 3.91. The predicted molar refractivity (Wildman–Crippen MR) is 65.7 cm³/mol. The topological polar surface area (TPSA) is 62.3 Å². The normalized spacial score (nSPS) is 19.8. The minimum Gasteiger partial charge on any atom is -0.491 e. The molecule has 0 spiro atoms. The SMILES string of the molecule is CN(CS(=O)O)c1ccc(OC[C@@H]2CO2)cc1. The van der Waals surface area contributed by atoms with E-state index in [4.69, 9.17) is 14.0 Å². The zero-order chi connectivity index (χ0) is 12.3. The number of epoxide rings is 1. The second kappa shape index (κ2) is 5.48. The molecule has 2 atom stereocenters. The highest BCUT2D eigenvalue weighted by Crippen LogP contribution is 2.20. The maximum atomic E-state index is 10.7. The zero-order valence-electron chi connectivity index (χ0n) is 9.54. The lowest BCUT2D eigenvalue weighted by atomic mass is 10.3. The number of hydrogen-bond donors (Lipinski definition) is 1. The second-order valence-corrected chi connectivity index (χ2v) is 4.81. The first kappa shape index (κ1) is 12.3. The van der Waals surface area contributed by atoms with Crippen LogP contribution >= 0.6 is 0 Å². The quantitative estimate of drug-likeness (QED) is 0.610. The number of ether oxygens (including phenoxy) is 2. The smallest absolute Gasteiger partial charge is 0.173 e. The van der Waals surface area contributed by atoms with E-state index in [2.05, 4.69) is 0 Å². The predicted octanol–water partition coefficient (Wildman–Crippen LogP) is 1.08. The van der Waals surface area contributed by atoms with E-state index in [-0.39, 0.29) is 12.0 Å². The molecule has 1 fully saturated rings. The molecular weight excluding hydrogens is 242 g/mol. The van der Waals surface area contributed by atoms with Gasteiger partial charge in [0.15, 0.2) is 11.1 Å². The Morgan fingerprint density at radius 1 is 1.53 bits per heavy atom. The molecule has 1 aliphatic heterocycles. The van der Waals surface area contributed by atoms with Crippen LogP contribution in [0.3, 0.4) is 0 Å². The van der Waals surface area contributed by atoms with Gasteiger partial charge in [-0.3, -0.25) is 0 Å². The third-order valence-electron chi connectivity index (χ3n) is 2.42. The van der Waals surface area contributed by atoms with Crippen LogP contribution in [0.4, 0.5) is 5.69 Å². The fraction of sp³-hybridized carbons (Fsp3) is 0.455. The van der Waals surface area contributed by atoms with Crippen LogP contribution in [-0.4, -0.2) is 41.0 Å². The van der Waals surface area contributed by atoms with E-state index in [1.165, 1.54) is 0 Å². The first-order valence-electron chi connectivity index (χ1n) is 5.28. The van der Waals surface area contributed by atoms with Crippen molar-refractivity contribution in [3.63, 3.8) is 0 Å². The Balaban J connectivity index is 1.89. The number of nitrogens with zero attached hydrogens (tertiary/aromatic N) is 1. The lowest BCUT2D eigenvalue weighted by Crippen LogP contribution is -2.21. The molecule has 17 heavy (non-hydrogen) atoms. The van der Waals surface area contributed by atoms with Gasteiger partial charge in [0.25, 0.3) is 0 Å². The Kier molecular flexibility index (Phi) is 3.98. The van der Waals surface area contributed by atoms with Gasteiger partial charge < -0.3 is 18.9 Å². The molecule has 1 heterocycles. The highest BCUT2D eigenvalue weighted by Gasteiger charge is 2.22. The Hall–Kier alpha value is -1.11. The summed E-state index contributed by atoms with van der Waals surface area (Å²) in [7, 11) is 1.77. The summed E-state index contributed by atoms with van der Waals surface area (Å²) < 4.78 is 30.0. The molecule has 0 aliphatic carbocycles. The number of benzene rings is 1. The summed E-state index contributed by atoms with van der Waals surface area (Å²) >= 11 is -1.82. The van der Waals surface area contributed by atoms with Crippen LogP contribution in [0.1, 0.15) is 0 Å². The van der Waals surface area contributed by atoms with E-state index >= 15 is 0 Å². The summed E-state index contributed by atoms with van der Waals surface area (Å²) in [5.74, 6) is 0.874. The van der Waals surface area contributed by atoms with Gasteiger partial charge in [-0.1, -0.05) is 0 Å². The average molecular weight is 257 g/mol. The van der Waals surface area contributed by atoms with Crippen LogP contribution < -0.4 is 9.64 Å². The molecule has 5 nitrogen and oxygen atoms in total. The van der Waals surface area contributed by atoms with Gasteiger partial charge in [0.1, 0.15) is 24.3 Å². The van der Waals surface area contributed by atoms with E-state index in [9.17, 15) is 4.21 Å². The van der Waals surface area contributed by atoms with Crippen molar-refractivity contribution >= 4 is 16.8 Å². The minimum atomic E-state index is -1.82. The van der Waals surface area contributed by atoms with Crippen LogP contribution in [0.5, 0.6) is 5.75 Å². The van der Waals surface area contributed by atoms with Crippen LogP contribution in [0, 0.1) is 0 Å². The first-order chi connectivity index (χ1) is 8.15. The molecule has 0 bridgehead atoms. The van der Waals surface area contributed by atoms with Crippen LogP contribution in [-0.2, 0) is 15.8 Å². The molecule has 94 valence electrons. The van der Waals surface area contributed by atoms with Gasteiger partial charge in [0.05, 0.1) is 6.61 Å². The number of anilines is 1. The molecule has 0 saturated carbocycles. The van der Waals surface area contributed by atoms with Crippen LogP contribution in [0.25, 0.3) is 0 Å². The Labute approximate surface area is 103 Å². The third-order valence-corrected chi connectivity index (χ3v) is 3.03. The molecule has 2 rings (SSSR count). The summed E-state index contributed by atoms with van der Waals surface area (Å²) in [6.07, 6.45) is 0.245. The van der Waals surface area contributed by atoms with Gasteiger partial charge in [-0.15, -0.1) is 0 Å². The van der Waals surface area contributed by atoms with E-state index in [1.54, 1.807) is 11.9 Å². The number of rotatable bonds is 6. The largest absolute Gasteiger partial charge is 0.491 e. The van der Waals surface area contributed by atoms with Gasteiger partial charge in [-0.2, -0.15) is 0 Å². The minimum absolute atomic E-state index is 0.0934. The first-order valence-corrected chi connectivity index (χ1v) is 6.56. The average Bonchev–Trinajstić information content (AvgIpc) is 3.10. The standard InChI is InChI=1S/C11H15NO4S/c1-12(8-17(13)14)9-2-4-10(5-3-9)15-6-11-7-16-11/h2-5,11H,6-8H2,1H3,(H,13,14)/t11-/m1/s1. The van der Waals surface area contributed by atoms with E-state index in [1.807, 2.05) is 24.3 Å². The molecule has 0 amide bonds. The van der Waals surface area contributed by atoms with Gasteiger partial charge >= 0.3 is 0 Å². The summed E-state index contributed by atoms with van der Waals surface area (Å²) in [5.41, 5.74) is 0.877. The van der Waals surface area contributed by atoms with E-state index in [0.717, 1.165) is 18.0 Å². The molecule has 0 aromatic heterocycles. The van der Waals surface area contributed by atoms with Gasteiger partial charge in [0, 0.05) is 12.7 Å². The Bertz CT molecular complexity index is 391. The van der Waals surface area contributed by atoms with Crippen molar-refractivity contribution in [1.82, 2.24) is 0 Å². The zero-order valence-corrected chi connectivity index (χ0v) is 10.4. The highest BCUT2D eigenvalue weighted by atomic mass is 32.2. The summed E-state index contributed by atoms with van der Waals surface area (Å²) in [6.45, 7) is 1.36. The molecular formula is C11H15NO4S. The highest BCUT2D eigenvalue weighted by molar-refractivity contribution is 7.79. The molecule has 1 aliphatic rings. The van der Waals surface area contributed by atoms with Crippen molar-refractivity contribution < 1.29 is 18.2 Å². The molecule has 1 N–H and O–H groups in total. The molecule has 6 heteroatoms. The fourth-order valence-electron chi connectivity index (χ4n) is 1.39.